The lowest BCUT2D eigenvalue weighted by molar-refractivity contribution is 0.612. The standard InChI is InChI=1S/C16H15FN8/c1-10(19-15-5-6-16-20-22-23-25(16)21-15)12-3-4-14(13(17)9-12)24-8-7-18-11(24)2/h3-10H,1-2H3,(H,19,21)/t10-/m1/s1. The normalized spacial score (nSPS) is 12.4. The van der Waals surface area contributed by atoms with Crippen molar-refractivity contribution in [3.63, 3.8) is 0 Å². The van der Waals surface area contributed by atoms with Crippen LogP contribution < -0.4 is 5.32 Å². The number of benzene rings is 1. The van der Waals surface area contributed by atoms with E-state index in [-0.39, 0.29) is 11.9 Å². The second-order valence-corrected chi connectivity index (χ2v) is 5.67. The number of aryl methyl sites for hydroxylation is 1. The lowest BCUT2D eigenvalue weighted by atomic mass is 10.1. The number of fused-ring (bicyclic) bond motifs is 1. The van der Waals surface area contributed by atoms with E-state index in [0.29, 0.717) is 17.2 Å². The summed E-state index contributed by atoms with van der Waals surface area (Å²) in [4.78, 5) is 4.13. The third kappa shape index (κ3) is 2.80. The van der Waals surface area contributed by atoms with E-state index in [1.807, 2.05) is 19.9 Å². The Kier molecular flexibility index (Phi) is 3.60. The minimum absolute atomic E-state index is 0.145. The summed E-state index contributed by atoms with van der Waals surface area (Å²) < 4.78 is 17.6. The highest BCUT2D eigenvalue weighted by Crippen LogP contribution is 2.23. The summed E-state index contributed by atoms with van der Waals surface area (Å²) in [7, 11) is 0. The molecule has 0 amide bonds. The zero-order valence-corrected chi connectivity index (χ0v) is 13.6. The van der Waals surface area contributed by atoms with Gasteiger partial charge in [0.15, 0.2) is 5.65 Å². The lowest BCUT2D eigenvalue weighted by Gasteiger charge is -2.16. The summed E-state index contributed by atoms with van der Waals surface area (Å²) in [5, 5.41) is 18.6. The van der Waals surface area contributed by atoms with Gasteiger partial charge in [-0.15, -0.1) is 14.8 Å². The van der Waals surface area contributed by atoms with Crippen molar-refractivity contribution in [3.8, 4) is 5.69 Å². The van der Waals surface area contributed by atoms with Gasteiger partial charge in [-0.25, -0.2) is 9.37 Å². The van der Waals surface area contributed by atoms with E-state index >= 15 is 0 Å². The van der Waals surface area contributed by atoms with Gasteiger partial charge in [-0.2, -0.15) is 0 Å². The van der Waals surface area contributed by atoms with E-state index in [9.17, 15) is 4.39 Å². The van der Waals surface area contributed by atoms with Crippen LogP contribution >= 0.6 is 0 Å². The van der Waals surface area contributed by atoms with E-state index in [2.05, 4.69) is 30.9 Å². The zero-order chi connectivity index (χ0) is 17.4. The van der Waals surface area contributed by atoms with Crippen LogP contribution in [0.2, 0.25) is 0 Å². The number of aromatic nitrogens is 7. The van der Waals surface area contributed by atoms with Crippen molar-refractivity contribution in [2.24, 2.45) is 0 Å². The SMILES string of the molecule is Cc1nccn1-c1ccc([C@@H](C)Nc2ccc3nnnn3n2)cc1F. The van der Waals surface area contributed by atoms with Gasteiger partial charge in [-0.1, -0.05) is 6.07 Å². The smallest absolute Gasteiger partial charge is 0.200 e. The van der Waals surface area contributed by atoms with Crippen LogP contribution in [0.1, 0.15) is 24.4 Å². The molecule has 126 valence electrons. The molecule has 3 heterocycles. The molecule has 0 unspecified atom stereocenters. The lowest BCUT2D eigenvalue weighted by Crippen LogP contribution is -2.10. The van der Waals surface area contributed by atoms with Gasteiger partial charge < -0.3 is 9.88 Å². The topological polar surface area (TPSA) is 85.8 Å². The molecule has 4 aromatic rings. The quantitative estimate of drug-likeness (QED) is 0.615. The first-order chi connectivity index (χ1) is 12.1. The number of rotatable bonds is 4. The highest BCUT2D eigenvalue weighted by Gasteiger charge is 2.12. The van der Waals surface area contributed by atoms with E-state index < -0.39 is 0 Å². The molecule has 1 atom stereocenters. The highest BCUT2D eigenvalue weighted by atomic mass is 19.1. The molecule has 8 nitrogen and oxygen atoms in total. The van der Waals surface area contributed by atoms with Crippen LogP contribution in [0, 0.1) is 12.7 Å². The van der Waals surface area contributed by atoms with Crippen LogP contribution in [-0.2, 0) is 0 Å². The summed E-state index contributed by atoms with van der Waals surface area (Å²) >= 11 is 0. The Morgan fingerprint density at radius 2 is 2.08 bits per heavy atom. The molecule has 25 heavy (non-hydrogen) atoms. The van der Waals surface area contributed by atoms with E-state index in [4.69, 9.17) is 0 Å². The van der Waals surface area contributed by atoms with Crippen molar-refractivity contribution >= 4 is 11.5 Å². The molecule has 3 aromatic heterocycles. The van der Waals surface area contributed by atoms with E-state index in [1.54, 1.807) is 35.2 Å². The highest BCUT2D eigenvalue weighted by molar-refractivity contribution is 5.45. The Morgan fingerprint density at radius 3 is 2.84 bits per heavy atom. The molecule has 0 aliphatic heterocycles. The fourth-order valence-electron chi connectivity index (χ4n) is 2.65. The van der Waals surface area contributed by atoms with Gasteiger partial charge in [0.1, 0.15) is 17.5 Å². The maximum absolute atomic E-state index is 14.5. The molecular weight excluding hydrogens is 323 g/mol. The molecular formula is C16H15FN8. The van der Waals surface area contributed by atoms with Crippen molar-refractivity contribution in [2.75, 3.05) is 5.32 Å². The number of hydrogen-bond acceptors (Lipinski definition) is 6. The Morgan fingerprint density at radius 1 is 1.20 bits per heavy atom. The van der Waals surface area contributed by atoms with Crippen LogP contribution in [0.4, 0.5) is 10.2 Å². The van der Waals surface area contributed by atoms with Crippen molar-refractivity contribution in [1.29, 1.82) is 0 Å². The van der Waals surface area contributed by atoms with Crippen molar-refractivity contribution in [1.82, 2.24) is 34.8 Å². The molecule has 0 aliphatic rings. The van der Waals surface area contributed by atoms with Crippen LogP contribution in [0.5, 0.6) is 0 Å². The number of imidazole rings is 1. The third-order valence-electron chi connectivity index (χ3n) is 3.99. The molecule has 0 fully saturated rings. The van der Waals surface area contributed by atoms with Gasteiger partial charge in [-0.05, 0) is 54.1 Å². The Balaban J connectivity index is 1.58. The van der Waals surface area contributed by atoms with Gasteiger partial charge in [0, 0.05) is 12.4 Å². The average molecular weight is 338 g/mol. The number of halogens is 1. The molecule has 4 rings (SSSR count). The molecule has 1 aromatic carbocycles. The Labute approximate surface area is 142 Å². The summed E-state index contributed by atoms with van der Waals surface area (Å²) in [6, 6.07) is 8.53. The van der Waals surface area contributed by atoms with Crippen molar-refractivity contribution < 1.29 is 4.39 Å². The summed E-state index contributed by atoms with van der Waals surface area (Å²) in [6.07, 6.45) is 3.38. The van der Waals surface area contributed by atoms with Gasteiger partial charge in [0.25, 0.3) is 0 Å². The van der Waals surface area contributed by atoms with Crippen molar-refractivity contribution in [2.45, 2.75) is 19.9 Å². The van der Waals surface area contributed by atoms with E-state index in [1.165, 1.54) is 10.7 Å². The first-order valence-corrected chi connectivity index (χ1v) is 7.73. The average Bonchev–Trinajstić information content (AvgIpc) is 3.23. The number of tetrazole rings is 1. The predicted octanol–water partition coefficient (Wildman–Crippen LogP) is 2.33. The summed E-state index contributed by atoms with van der Waals surface area (Å²) in [5.41, 5.74) is 1.83. The first kappa shape index (κ1) is 15.2. The second-order valence-electron chi connectivity index (χ2n) is 5.67. The Bertz CT molecular complexity index is 1040. The number of hydrogen-bond donors (Lipinski definition) is 1. The van der Waals surface area contributed by atoms with Gasteiger partial charge >= 0.3 is 0 Å². The molecule has 1 N–H and O–H groups in total. The fraction of sp³-hybridized carbons (Fsp3) is 0.188. The molecule has 0 saturated carbocycles. The maximum Gasteiger partial charge on any atom is 0.200 e. The monoisotopic (exact) mass is 338 g/mol. The minimum Gasteiger partial charge on any atom is -0.362 e. The van der Waals surface area contributed by atoms with Gasteiger partial charge in [0.05, 0.1) is 11.7 Å². The molecule has 0 radical (unpaired) electrons. The second kappa shape index (κ2) is 5.93. The minimum atomic E-state index is -0.309. The van der Waals surface area contributed by atoms with Crippen LogP contribution in [0.25, 0.3) is 11.3 Å². The molecule has 0 spiro atoms. The molecule has 0 bridgehead atoms. The first-order valence-electron chi connectivity index (χ1n) is 7.73. The number of nitrogens with zero attached hydrogens (tertiary/aromatic N) is 7. The number of anilines is 1. The largest absolute Gasteiger partial charge is 0.362 e. The third-order valence-corrected chi connectivity index (χ3v) is 3.99. The van der Waals surface area contributed by atoms with Crippen LogP contribution in [0.15, 0.2) is 42.7 Å². The van der Waals surface area contributed by atoms with Crippen LogP contribution in [0.3, 0.4) is 0 Å². The van der Waals surface area contributed by atoms with E-state index in [0.717, 1.165) is 11.4 Å². The zero-order valence-electron chi connectivity index (χ0n) is 13.6. The molecule has 9 heteroatoms. The van der Waals surface area contributed by atoms with Crippen molar-refractivity contribution in [3.05, 3.63) is 59.9 Å². The molecule has 0 saturated heterocycles. The molecule has 0 aliphatic carbocycles. The summed E-state index contributed by atoms with van der Waals surface area (Å²) in [5.74, 6) is 1.02. The maximum atomic E-state index is 14.5. The number of nitrogens with one attached hydrogen (secondary N) is 1. The summed E-state index contributed by atoms with van der Waals surface area (Å²) in [6.45, 7) is 3.76. The fourth-order valence-corrected chi connectivity index (χ4v) is 2.65. The van der Waals surface area contributed by atoms with Gasteiger partial charge in [-0.3, -0.25) is 0 Å². The Hall–Kier alpha value is -3.36. The van der Waals surface area contributed by atoms with Gasteiger partial charge in [0.2, 0.25) is 0 Å². The van der Waals surface area contributed by atoms with Crippen LogP contribution in [-0.4, -0.2) is 34.8 Å². The predicted molar refractivity (Wildman–Crippen MR) is 88.9 cm³/mol.